The lowest BCUT2D eigenvalue weighted by molar-refractivity contribution is 0.288. The van der Waals surface area contributed by atoms with Gasteiger partial charge in [0.2, 0.25) is 0 Å². The van der Waals surface area contributed by atoms with Gasteiger partial charge >= 0.3 is 7.32 Å². The minimum atomic E-state index is -1.81. The summed E-state index contributed by atoms with van der Waals surface area (Å²) in [4.78, 5) is 0. The Labute approximate surface area is 133 Å². The average molecular weight is 303 g/mol. The number of nitrogens with zero attached hydrogens (tertiary/aromatic N) is 1. The maximum Gasteiger partial charge on any atom is 0.707 e. The molecule has 0 amide bonds. The Kier molecular flexibility index (Phi) is 3.30. The van der Waals surface area contributed by atoms with Gasteiger partial charge in [-0.25, -0.2) is 0 Å². The minimum Gasteiger partial charge on any atom is -0.512 e. The van der Waals surface area contributed by atoms with Crippen molar-refractivity contribution < 1.29 is 14.7 Å². The van der Waals surface area contributed by atoms with Gasteiger partial charge in [-0.2, -0.15) is 0 Å². The standard InChI is InChI=1S/C18H14BNO3/c21-19(22)23-14-11-9-13(10-12-14)20-17-7-3-1-5-15(17)16-6-2-4-8-18(16)20/h1-12,21-22H. The van der Waals surface area contributed by atoms with Gasteiger partial charge < -0.3 is 19.3 Å². The van der Waals surface area contributed by atoms with E-state index in [4.69, 9.17) is 14.7 Å². The lowest BCUT2D eigenvalue weighted by Crippen LogP contribution is -2.20. The van der Waals surface area contributed by atoms with Gasteiger partial charge in [-0.3, -0.25) is 0 Å². The second kappa shape index (κ2) is 5.46. The van der Waals surface area contributed by atoms with E-state index in [0.717, 1.165) is 16.7 Å². The molecule has 0 aliphatic carbocycles. The summed E-state index contributed by atoms with van der Waals surface area (Å²) in [5.74, 6) is 0.407. The van der Waals surface area contributed by atoms with Gasteiger partial charge in [0.05, 0.1) is 11.0 Å². The first-order valence-electron chi connectivity index (χ1n) is 7.35. The average Bonchev–Trinajstić information content (AvgIpc) is 2.90. The number of hydrogen-bond acceptors (Lipinski definition) is 3. The van der Waals surface area contributed by atoms with Gasteiger partial charge in [0.25, 0.3) is 0 Å². The molecule has 0 atom stereocenters. The summed E-state index contributed by atoms with van der Waals surface area (Å²) < 4.78 is 7.05. The van der Waals surface area contributed by atoms with Crippen LogP contribution in [0.5, 0.6) is 5.75 Å². The largest absolute Gasteiger partial charge is 0.707 e. The Morgan fingerprint density at radius 2 is 1.22 bits per heavy atom. The van der Waals surface area contributed by atoms with E-state index in [1.54, 1.807) is 12.1 Å². The van der Waals surface area contributed by atoms with Gasteiger partial charge in [-0.15, -0.1) is 0 Å². The first-order valence-corrected chi connectivity index (χ1v) is 7.35. The quantitative estimate of drug-likeness (QED) is 0.572. The van der Waals surface area contributed by atoms with Crippen molar-refractivity contribution in [3.05, 3.63) is 72.8 Å². The van der Waals surface area contributed by atoms with Crippen molar-refractivity contribution in [2.45, 2.75) is 0 Å². The topological polar surface area (TPSA) is 54.6 Å². The summed E-state index contributed by atoms with van der Waals surface area (Å²) in [6, 6.07) is 23.8. The molecular formula is C18H14BNO3. The highest BCUT2D eigenvalue weighted by atomic mass is 16.6. The fourth-order valence-electron chi connectivity index (χ4n) is 3.00. The Morgan fingerprint density at radius 1 is 0.696 bits per heavy atom. The molecule has 112 valence electrons. The molecule has 0 saturated carbocycles. The highest BCUT2D eigenvalue weighted by molar-refractivity contribution is 6.33. The highest BCUT2D eigenvalue weighted by Crippen LogP contribution is 2.32. The van der Waals surface area contributed by atoms with E-state index in [2.05, 4.69) is 28.8 Å². The molecule has 23 heavy (non-hydrogen) atoms. The molecule has 4 rings (SSSR count). The molecular weight excluding hydrogens is 289 g/mol. The molecule has 1 heterocycles. The van der Waals surface area contributed by atoms with Crippen molar-refractivity contribution in [3.8, 4) is 11.4 Å². The first kappa shape index (κ1) is 13.9. The number of hydrogen-bond donors (Lipinski definition) is 2. The Morgan fingerprint density at radius 3 is 1.74 bits per heavy atom. The number of para-hydroxylation sites is 2. The molecule has 0 fully saturated rings. The van der Waals surface area contributed by atoms with Gasteiger partial charge in [0.15, 0.2) is 0 Å². The van der Waals surface area contributed by atoms with Crippen molar-refractivity contribution in [1.29, 1.82) is 0 Å². The van der Waals surface area contributed by atoms with Crippen LogP contribution >= 0.6 is 0 Å². The third kappa shape index (κ3) is 2.36. The lowest BCUT2D eigenvalue weighted by atomic mass is 10.2. The van der Waals surface area contributed by atoms with E-state index < -0.39 is 7.32 Å². The van der Waals surface area contributed by atoms with Crippen LogP contribution in [0.1, 0.15) is 0 Å². The zero-order valence-electron chi connectivity index (χ0n) is 12.3. The predicted molar refractivity (Wildman–Crippen MR) is 91.6 cm³/mol. The second-order valence-corrected chi connectivity index (χ2v) is 5.31. The molecule has 0 unspecified atom stereocenters. The van der Waals surface area contributed by atoms with Crippen LogP contribution in [-0.4, -0.2) is 21.9 Å². The second-order valence-electron chi connectivity index (χ2n) is 5.31. The summed E-state index contributed by atoms with van der Waals surface area (Å²) in [7, 11) is -1.81. The molecule has 1 aromatic heterocycles. The number of aromatic nitrogens is 1. The van der Waals surface area contributed by atoms with E-state index >= 15 is 0 Å². The molecule has 0 aliphatic heterocycles. The number of benzene rings is 3. The van der Waals surface area contributed by atoms with Crippen molar-refractivity contribution in [1.82, 2.24) is 4.57 Å². The van der Waals surface area contributed by atoms with Crippen molar-refractivity contribution >= 4 is 29.1 Å². The van der Waals surface area contributed by atoms with Crippen LogP contribution in [-0.2, 0) is 0 Å². The summed E-state index contributed by atoms with van der Waals surface area (Å²) in [5, 5.41) is 20.1. The highest BCUT2D eigenvalue weighted by Gasteiger charge is 2.13. The van der Waals surface area contributed by atoms with Crippen molar-refractivity contribution in [3.63, 3.8) is 0 Å². The third-order valence-electron chi connectivity index (χ3n) is 3.92. The Bertz CT molecular complexity index is 923. The van der Waals surface area contributed by atoms with E-state index in [1.165, 1.54) is 10.8 Å². The molecule has 3 aromatic carbocycles. The number of rotatable bonds is 3. The molecule has 4 nitrogen and oxygen atoms in total. The summed E-state index contributed by atoms with van der Waals surface area (Å²) >= 11 is 0. The van der Waals surface area contributed by atoms with Crippen LogP contribution in [0.25, 0.3) is 27.5 Å². The van der Waals surface area contributed by atoms with Gasteiger partial charge in [-0.05, 0) is 36.4 Å². The maximum atomic E-state index is 8.87. The van der Waals surface area contributed by atoms with E-state index in [0.29, 0.717) is 5.75 Å². The van der Waals surface area contributed by atoms with Crippen LogP contribution in [0.4, 0.5) is 0 Å². The SMILES string of the molecule is OB(O)Oc1ccc(-n2c3ccccc3c3ccccc32)cc1. The third-order valence-corrected chi connectivity index (χ3v) is 3.92. The fourth-order valence-corrected chi connectivity index (χ4v) is 3.00. The molecule has 0 radical (unpaired) electrons. The van der Waals surface area contributed by atoms with E-state index in [1.807, 2.05) is 36.4 Å². The van der Waals surface area contributed by atoms with Gasteiger partial charge in [0, 0.05) is 16.5 Å². The van der Waals surface area contributed by atoms with Crippen LogP contribution in [0.15, 0.2) is 72.8 Å². The molecule has 4 aromatic rings. The fraction of sp³-hybridized carbons (Fsp3) is 0. The van der Waals surface area contributed by atoms with Crippen LogP contribution in [0.3, 0.4) is 0 Å². The van der Waals surface area contributed by atoms with Crippen LogP contribution < -0.4 is 4.65 Å². The first-order chi connectivity index (χ1) is 11.2. The Balaban J connectivity index is 1.93. The molecule has 0 saturated heterocycles. The minimum absolute atomic E-state index is 0.407. The predicted octanol–water partition coefficient (Wildman–Crippen LogP) is 3.13. The maximum absolute atomic E-state index is 8.87. The number of fused-ring (bicyclic) bond motifs is 3. The normalized spacial score (nSPS) is 11.0. The van der Waals surface area contributed by atoms with E-state index in [9.17, 15) is 0 Å². The van der Waals surface area contributed by atoms with Crippen LogP contribution in [0, 0.1) is 0 Å². The van der Waals surface area contributed by atoms with Crippen molar-refractivity contribution in [2.75, 3.05) is 0 Å². The molecule has 0 spiro atoms. The van der Waals surface area contributed by atoms with Gasteiger partial charge in [-0.1, -0.05) is 36.4 Å². The molecule has 2 N–H and O–H groups in total. The summed E-state index contributed by atoms with van der Waals surface area (Å²) in [5.41, 5.74) is 3.25. The molecule has 0 aliphatic rings. The monoisotopic (exact) mass is 303 g/mol. The summed E-state index contributed by atoms with van der Waals surface area (Å²) in [6.07, 6.45) is 0. The van der Waals surface area contributed by atoms with E-state index in [-0.39, 0.29) is 0 Å². The lowest BCUT2D eigenvalue weighted by Gasteiger charge is -2.09. The zero-order chi connectivity index (χ0) is 15.8. The Hall–Kier alpha value is -2.76. The summed E-state index contributed by atoms with van der Waals surface area (Å²) in [6.45, 7) is 0. The molecule has 0 bridgehead atoms. The van der Waals surface area contributed by atoms with Crippen molar-refractivity contribution in [2.24, 2.45) is 0 Å². The molecule has 5 heteroatoms. The zero-order valence-corrected chi connectivity index (χ0v) is 12.3. The van der Waals surface area contributed by atoms with Gasteiger partial charge in [0.1, 0.15) is 5.75 Å². The van der Waals surface area contributed by atoms with Crippen LogP contribution in [0.2, 0.25) is 0 Å². The smallest absolute Gasteiger partial charge is 0.512 e.